The van der Waals surface area contributed by atoms with Crippen molar-refractivity contribution >= 4 is 46.7 Å². The summed E-state index contributed by atoms with van der Waals surface area (Å²) in [6.45, 7) is 2.52. The zero-order valence-electron chi connectivity index (χ0n) is 21.8. The van der Waals surface area contributed by atoms with E-state index in [1.807, 2.05) is 4.90 Å². The van der Waals surface area contributed by atoms with E-state index in [0.29, 0.717) is 63.5 Å². The molecule has 3 aromatic rings. The van der Waals surface area contributed by atoms with E-state index in [0.717, 1.165) is 17.1 Å². The van der Waals surface area contributed by atoms with E-state index in [9.17, 15) is 27.6 Å². The summed E-state index contributed by atoms with van der Waals surface area (Å²) < 4.78 is 43.6. The number of nitrogens with zero attached hydrogens (tertiary/aromatic N) is 4. The Hall–Kier alpha value is -3.64. The van der Waals surface area contributed by atoms with Crippen molar-refractivity contribution in [2.24, 2.45) is 0 Å². The summed E-state index contributed by atoms with van der Waals surface area (Å²) in [4.78, 5) is 48.0. The van der Waals surface area contributed by atoms with Gasteiger partial charge in [0, 0.05) is 56.3 Å². The molecule has 41 heavy (non-hydrogen) atoms. The lowest BCUT2D eigenvalue weighted by Crippen LogP contribution is -2.49. The number of anilines is 1. The Labute approximate surface area is 243 Å². The zero-order valence-corrected chi connectivity index (χ0v) is 23.3. The topological polar surface area (TPSA) is 83.0 Å². The van der Waals surface area contributed by atoms with E-state index in [1.165, 1.54) is 23.5 Å². The third-order valence-corrected chi connectivity index (χ3v) is 8.57. The normalized spacial score (nSPS) is 16.5. The fourth-order valence-corrected chi connectivity index (χ4v) is 6.22. The standard InChI is InChI=1S/C28H26ClF3N4O4S/c29-40-27(39)22-7-2-1-6-21(22)25(37)35-10-8-18(9-11-35)24-33-23(17-41-24)26(38)36-14-12-34(13-15-36)20-5-3-4-19(16-20)28(30,31)32/h1-7,16-18H,8-15H2. The average molecular weight is 607 g/mol. The Bertz CT molecular complexity index is 1430. The Morgan fingerprint density at radius 1 is 0.878 bits per heavy atom. The van der Waals surface area contributed by atoms with Gasteiger partial charge in [-0.1, -0.05) is 18.2 Å². The Morgan fingerprint density at radius 2 is 1.54 bits per heavy atom. The van der Waals surface area contributed by atoms with Gasteiger partial charge in [0.25, 0.3) is 11.8 Å². The van der Waals surface area contributed by atoms with Crippen molar-refractivity contribution in [1.29, 1.82) is 0 Å². The Kier molecular flexibility index (Phi) is 8.50. The number of carbonyl (C=O) groups is 3. The molecule has 0 aliphatic carbocycles. The molecule has 0 spiro atoms. The van der Waals surface area contributed by atoms with Gasteiger partial charge in [0.15, 0.2) is 0 Å². The largest absolute Gasteiger partial charge is 0.416 e. The van der Waals surface area contributed by atoms with Crippen molar-refractivity contribution in [2.45, 2.75) is 24.9 Å². The third-order valence-electron chi connectivity index (χ3n) is 7.43. The van der Waals surface area contributed by atoms with Gasteiger partial charge in [-0.05, 0) is 43.2 Å². The van der Waals surface area contributed by atoms with Crippen LogP contribution in [0.15, 0.2) is 53.9 Å². The summed E-state index contributed by atoms with van der Waals surface area (Å²) in [7, 11) is 0. The maximum absolute atomic E-state index is 13.1. The molecular formula is C28H26ClF3N4O4S. The number of benzene rings is 2. The first-order valence-electron chi connectivity index (χ1n) is 13.0. The lowest BCUT2D eigenvalue weighted by molar-refractivity contribution is -0.137. The van der Waals surface area contributed by atoms with E-state index in [2.05, 4.69) is 9.27 Å². The van der Waals surface area contributed by atoms with Crippen LogP contribution in [0, 0.1) is 0 Å². The summed E-state index contributed by atoms with van der Waals surface area (Å²) in [5.41, 5.74) is 0.472. The van der Waals surface area contributed by atoms with Crippen molar-refractivity contribution in [2.75, 3.05) is 44.2 Å². The van der Waals surface area contributed by atoms with Crippen LogP contribution in [0.25, 0.3) is 0 Å². The number of carbonyl (C=O) groups excluding carboxylic acids is 3. The highest BCUT2D eigenvalue weighted by molar-refractivity contribution is 7.09. The van der Waals surface area contributed by atoms with Gasteiger partial charge in [0.2, 0.25) is 0 Å². The van der Waals surface area contributed by atoms with Gasteiger partial charge >= 0.3 is 12.1 Å². The van der Waals surface area contributed by atoms with Crippen molar-refractivity contribution < 1.29 is 31.8 Å². The number of hydrogen-bond acceptors (Lipinski definition) is 7. The van der Waals surface area contributed by atoms with Gasteiger partial charge in [-0.3, -0.25) is 9.59 Å². The SMILES string of the molecule is O=C(OCl)c1ccccc1C(=O)N1CCC(c2nc(C(=O)N3CCN(c4cccc(C(F)(F)F)c4)CC3)cs2)CC1. The molecule has 8 nitrogen and oxygen atoms in total. The highest BCUT2D eigenvalue weighted by atomic mass is 35.5. The van der Waals surface area contributed by atoms with E-state index >= 15 is 0 Å². The number of halogens is 4. The monoisotopic (exact) mass is 606 g/mol. The zero-order chi connectivity index (χ0) is 29.1. The van der Waals surface area contributed by atoms with Crippen molar-refractivity contribution in [1.82, 2.24) is 14.8 Å². The third kappa shape index (κ3) is 6.33. The minimum absolute atomic E-state index is 0.0893. The number of alkyl halides is 3. The van der Waals surface area contributed by atoms with Crippen LogP contribution in [0.4, 0.5) is 18.9 Å². The molecule has 13 heteroatoms. The number of amides is 2. The lowest BCUT2D eigenvalue weighted by Gasteiger charge is -2.36. The summed E-state index contributed by atoms with van der Waals surface area (Å²) >= 11 is 6.63. The molecule has 0 saturated carbocycles. The molecule has 2 fully saturated rings. The fraction of sp³-hybridized carbons (Fsp3) is 0.357. The molecule has 2 aliphatic heterocycles. The van der Waals surface area contributed by atoms with Crippen molar-refractivity contribution in [3.05, 3.63) is 81.3 Å². The molecule has 2 aromatic carbocycles. The molecule has 2 aliphatic rings. The molecule has 2 amide bonds. The summed E-state index contributed by atoms with van der Waals surface area (Å²) in [5.74, 6) is -1.18. The second-order valence-corrected chi connectivity index (χ2v) is 10.9. The molecule has 5 rings (SSSR count). The number of likely N-dealkylation sites (tertiary alicyclic amines) is 1. The number of piperazine rings is 1. The molecule has 0 unspecified atom stereocenters. The van der Waals surface area contributed by atoms with Crippen LogP contribution >= 0.6 is 23.2 Å². The Balaban J connectivity index is 1.16. The number of piperidine rings is 1. The molecule has 0 bridgehead atoms. The second kappa shape index (κ2) is 12.1. The first kappa shape index (κ1) is 28.9. The molecular weight excluding hydrogens is 581 g/mol. The predicted octanol–water partition coefficient (Wildman–Crippen LogP) is 5.45. The number of aromatic nitrogens is 1. The first-order chi connectivity index (χ1) is 19.7. The van der Waals surface area contributed by atoms with E-state index < -0.39 is 17.7 Å². The van der Waals surface area contributed by atoms with Crippen LogP contribution in [0.5, 0.6) is 0 Å². The number of thiazole rings is 1. The number of rotatable bonds is 5. The van der Waals surface area contributed by atoms with Crippen LogP contribution in [-0.2, 0) is 10.5 Å². The molecule has 2 saturated heterocycles. The predicted molar refractivity (Wildman–Crippen MR) is 147 cm³/mol. The second-order valence-electron chi connectivity index (χ2n) is 9.87. The van der Waals surface area contributed by atoms with E-state index in [4.69, 9.17) is 11.9 Å². The average Bonchev–Trinajstić information content (AvgIpc) is 3.50. The maximum Gasteiger partial charge on any atom is 0.416 e. The summed E-state index contributed by atoms with van der Waals surface area (Å²) in [5, 5.41) is 2.57. The molecule has 0 N–H and O–H groups in total. The molecule has 1 aromatic heterocycles. The smallest absolute Gasteiger partial charge is 0.368 e. The molecule has 3 heterocycles. The van der Waals surface area contributed by atoms with E-state index in [1.54, 1.807) is 39.4 Å². The van der Waals surface area contributed by atoms with Gasteiger partial charge < -0.3 is 19.0 Å². The minimum atomic E-state index is -4.41. The van der Waals surface area contributed by atoms with Gasteiger partial charge in [0.1, 0.15) is 17.6 Å². The number of hydrogen-bond donors (Lipinski definition) is 0. The lowest BCUT2D eigenvalue weighted by atomic mass is 9.96. The molecule has 0 radical (unpaired) electrons. The fourth-order valence-electron chi connectivity index (χ4n) is 5.17. The minimum Gasteiger partial charge on any atom is -0.368 e. The van der Waals surface area contributed by atoms with E-state index in [-0.39, 0.29) is 28.9 Å². The summed E-state index contributed by atoms with van der Waals surface area (Å²) in [6.07, 6.45) is -3.09. The van der Waals surface area contributed by atoms with Crippen LogP contribution in [-0.4, -0.2) is 71.8 Å². The van der Waals surface area contributed by atoms with Crippen LogP contribution in [0.2, 0.25) is 0 Å². The molecule has 216 valence electrons. The van der Waals surface area contributed by atoms with Gasteiger partial charge in [-0.25, -0.2) is 9.78 Å². The Morgan fingerprint density at radius 3 is 2.20 bits per heavy atom. The highest BCUT2D eigenvalue weighted by Crippen LogP contribution is 2.33. The van der Waals surface area contributed by atoms with Gasteiger partial charge in [-0.2, -0.15) is 13.2 Å². The quantitative estimate of drug-likeness (QED) is 0.384. The van der Waals surface area contributed by atoms with Crippen molar-refractivity contribution in [3.8, 4) is 0 Å². The summed E-state index contributed by atoms with van der Waals surface area (Å²) in [6, 6.07) is 11.6. The van der Waals surface area contributed by atoms with Crippen LogP contribution in [0.1, 0.15) is 60.5 Å². The maximum atomic E-state index is 13.1. The van der Waals surface area contributed by atoms with Gasteiger partial charge in [-0.15, -0.1) is 11.3 Å². The van der Waals surface area contributed by atoms with Crippen LogP contribution < -0.4 is 4.90 Å². The first-order valence-corrected chi connectivity index (χ1v) is 14.2. The molecule has 0 atom stereocenters. The van der Waals surface area contributed by atoms with Crippen LogP contribution in [0.3, 0.4) is 0 Å². The van der Waals surface area contributed by atoms with Crippen molar-refractivity contribution in [3.63, 3.8) is 0 Å². The van der Waals surface area contributed by atoms with Gasteiger partial charge in [0.05, 0.1) is 21.7 Å². The highest BCUT2D eigenvalue weighted by Gasteiger charge is 2.32.